The SMILES string of the molecule is CCCCNC(=O)C1c2ccccc2N=C(c2ccc(Cl)cc2)N1c1ccc(C)cc1. The number of unbranched alkanes of at least 4 members (excludes halogenated alkanes) is 1. The number of halogens is 1. The summed E-state index contributed by atoms with van der Waals surface area (Å²) < 4.78 is 0. The van der Waals surface area contributed by atoms with Gasteiger partial charge in [-0.3, -0.25) is 4.79 Å². The summed E-state index contributed by atoms with van der Waals surface area (Å²) in [4.78, 5) is 20.5. The third kappa shape index (κ3) is 4.49. The van der Waals surface area contributed by atoms with Crippen LogP contribution in [0.25, 0.3) is 0 Å². The molecule has 0 aromatic heterocycles. The van der Waals surface area contributed by atoms with Gasteiger partial charge in [-0.05, 0) is 55.8 Å². The fourth-order valence-corrected chi connectivity index (χ4v) is 3.90. The molecule has 3 aromatic rings. The van der Waals surface area contributed by atoms with Crippen molar-refractivity contribution in [2.75, 3.05) is 11.4 Å². The van der Waals surface area contributed by atoms with Crippen molar-refractivity contribution in [3.8, 4) is 0 Å². The third-order valence-electron chi connectivity index (χ3n) is 5.44. The van der Waals surface area contributed by atoms with E-state index in [-0.39, 0.29) is 5.91 Å². The molecule has 31 heavy (non-hydrogen) atoms. The number of anilines is 1. The normalized spacial score (nSPS) is 15.3. The first-order valence-corrected chi connectivity index (χ1v) is 11.0. The first kappa shape index (κ1) is 21.1. The van der Waals surface area contributed by atoms with Gasteiger partial charge in [0.05, 0.1) is 5.69 Å². The highest BCUT2D eigenvalue weighted by Gasteiger charge is 2.36. The van der Waals surface area contributed by atoms with E-state index in [1.807, 2.05) is 65.6 Å². The molecule has 0 radical (unpaired) electrons. The van der Waals surface area contributed by atoms with Crippen LogP contribution in [0.2, 0.25) is 5.02 Å². The second-order valence-electron chi connectivity index (χ2n) is 7.75. The molecule has 5 heteroatoms. The lowest BCUT2D eigenvalue weighted by Gasteiger charge is -2.37. The highest BCUT2D eigenvalue weighted by molar-refractivity contribution is 6.30. The van der Waals surface area contributed by atoms with Crippen molar-refractivity contribution in [1.29, 1.82) is 0 Å². The van der Waals surface area contributed by atoms with Gasteiger partial charge in [-0.2, -0.15) is 0 Å². The summed E-state index contributed by atoms with van der Waals surface area (Å²) in [6.45, 7) is 4.83. The summed E-state index contributed by atoms with van der Waals surface area (Å²) in [6.07, 6.45) is 1.98. The van der Waals surface area contributed by atoms with Crippen molar-refractivity contribution in [2.24, 2.45) is 4.99 Å². The Labute approximate surface area is 188 Å². The first-order chi connectivity index (χ1) is 15.1. The van der Waals surface area contributed by atoms with Gasteiger partial charge < -0.3 is 10.2 Å². The molecular weight excluding hydrogens is 406 g/mol. The van der Waals surface area contributed by atoms with Crippen molar-refractivity contribution >= 4 is 34.7 Å². The number of carbonyl (C=O) groups is 1. The van der Waals surface area contributed by atoms with Gasteiger partial charge in [-0.1, -0.05) is 60.8 Å². The average Bonchev–Trinajstić information content (AvgIpc) is 2.79. The number of hydrogen-bond donors (Lipinski definition) is 1. The summed E-state index contributed by atoms with van der Waals surface area (Å²) >= 11 is 6.13. The largest absolute Gasteiger partial charge is 0.354 e. The molecule has 1 unspecified atom stereocenters. The molecule has 4 rings (SSSR count). The zero-order chi connectivity index (χ0) is 21.8. The number of nitrogens with zero attached hydrogens (tertiary/aromatic N) is 2. The Bertz CT molecular complexity index is 1090. The van der Waals surface area contributed by atoms with Crippen LogP contribution in [0.5, 0.6) is 0 Å². The Kier molecular flexibility index (Phi) is 6.38. The topological polar surface area (TPSA) is 44.7 Å². The van der Waals surface area contributed by atoms with Gasteiger partial charge in [0, 0.05) is 28.4 Å². The highest BCUT2D eigenvalue weighted by Crippen LogP contribution is 2.39. The van der Waals surface area contributed by atoms with Gasteiger partial charge in [0.25, 0.3) is 0 Å². The maximum atomic E-state index is 13.5. The number of aliphatic imine (C=N–C) groups is 1. The quantitative estimate of drug-likeness (QED) is 0.472. The smallest absolute Gasteiger partial charge is 0.247 e. The standard InChI is InChI=1S/C26H26ClN3O/c1-3-4-17-28-26(31)24-22-7-5-6-8-23(22)29-25(19-11-13-20(27)14-12-19)30(24)21-15-9-18(2)10-16-21/h5-16,24H,3-4,17H2,1-2H3,(H,28,31). The highest BCUT2D eigenvalue weighted by atomic mass is 35.5. The Morgan fingerprint density at radius 1 is 1.03 bits per heavy atom. The molecule has 0 bridgehead atoms. The zero-order valence-electron chi connectivity index (χ0n) is 17.8. The molecule has 1 aliphatic heterocycles. The number of nitrogens with one attached hydrogen (secondary N) is 1. The lowest BCUT2D eigenvalue weighted by Crippen LogP contribution is -2.46. The van der Waals surface area contributed by atoms with Crippen molar-refractivity contribution < 1.29 is 4.79 Å². The van der Waals surface area contributed by atoms with Crippen molar-refractivity contribution in [3.05, 3.63) is 94.5 Å². The van der Waals surface area contributed by atoms with Crippen molar-refractivity contribution in [3.63, 3.8) is 0 Å². The number of amidine groups is 1. The van der Waals surface area contributed by atoms with Gasteiger partial charge in [0.2, 0.25) is 5.91 Å². The first-order valence-electron chi connectivity index (χ1n) is 10.7. The molecule has 1 N–H and O–H groups in total. The van der Waals surface area contributed by atoms with Crippen LogP contribution in [0.15, 0.2) is 77.8 Å². The van der Waals surface area contributed by atoms with Gasteiger partial charge in [0.15, 0.2) is 0 Å². The van der Waals surface area contributed by atoms with E-state index in [2.05, 4.69) is 31.3 Å². The lowest BCUT2D eigenvalue weighted by atomic mass is 9.97. The Hall–Kier alpha value is -3.11. The molecule has 0 spiro atoms. The number of rotatable bonds is 6. The summed E-state index contributed by atoms with van der Waals surface area (Å²) in [7, 11) is 0. The minimum absolute atomic E-state index is 0.0251. The van der Waals surface area contributed by atoms with Crippen LogP contribution in [0.1, 0.15) is 42.5 Å². The lowest BCUT2D eigenvalue weighted by molar-refractivity contribution is -0.122. The maximum Gasteiger partial charge on any atom is 0.247 e. The molecule has 1 amide bonds. The average molecular weight is 432 g/mol. The molecular formula is C26H26ClN3O. The van der Waals surface area contributed by atoms with E-state index in [1.54, 1.807) is 0 Å². The molecule has 1 heterocycles. The number of aryl methyl sites for hydroxylation is 1. The summed E-state index contributed by atoms with van der Waals surface area (Å²) in [5.41, 5.74) is 4.70. The second-order valence-corrected chi connectivity index (χ2v) is 8.19. The van der Waals surface area contributed by atoms with Crippen LogP contribution < -0.4 is 10.2 Å². The van der Waals surface area contributed by atoms with Crippen LogP contribution in [0.3, 0.4) is 0 Å². The molecule has 158 valence electrons. The van der Waals surface area contributed by atoms with E-state index in [0.717, 1.165) is 46.7 Å². The molecule has 1 aliphatic rings. The Morgan fingerprint density at radius 3 is 2.45 bits per heavy atom. The Balaban J connectivity index is 1.87. The van der Waals surface area contributed by atoms with Crippen molar-refractivity contribution in [1.82, 2.24) is 5.32 Å². The summed E-state index contributed by atoms with van der Waals surface area (Å²) in [5, 5.41) is 3.79. The molecule has 0 saturated carbocycles. The third-order valence-corrected chi connectivity index (χ3v) is 5.69. The molecule has 3 aromatic carbocycles. The van der Waals surface area contributed by atoms with E-state index in [9.17, 15) is 4.79 Å². The molecule has 4 nitrogen and oxygen atoms in total. The molecule has 0 saturated heterocycles. The van der Waals surface area contributed by atoms with E-state index < -0.39 is 6.04 Å². The van der Waals surface area contributed by atoms with Crippen LogP contribution in [-0.2, 0) is 4.79 Å². The number of carbonyl (C=O) groups excluding carboxylic acids is 1. The summed E-state index contributed by atoms with van der Waals surface area (Å²) in [5.74, 6) is 0.706. The van der Waals surface area contributed by atoms with Crippen LogP contribution in [-0.4, -0.2) is 18.3 Å². The molecule has 0 aliphatic carbocycles. The Morgan fingerprint density at radius 2 is 1.74 bits per heavy atom. The number of benzene rings is 3. The van der Waals surface area contributed by atoms with Crippen LogP contribution >= 0.6 is 11.6 Å². The molecule has 1 atom stereocenters. The maximum absolute atomic E-state index is 13.5. The number of hydrogen-bond acceptors (Lipinski definition) is 3. The van der Waals surface area contributed by atoms with Gasteiger partial charge in [0.1, 0.15) is 11.9 Å². The predicted molar refractivity (Wildman–Crippen MR) is 128 cm³/mol. The summed E-state index contributed by atoms with van der Waals surface area (Å²) in [6, 6.07) is 23.1. The van der Waals surface area contributed by atoms with E-state index >= 15 is 0 Å². The van der Waals surface area contributed by atoms with E-state index in [1.165, 1.54) is 0 Å². The number of para-hydroxylation sites is 1. The predicted octanol–water partition coefficient (Wildman–Crippen LogP) is 6.20. The minimum Gasteiger partial charge on any atom is -0.354 e. The van der Waals surface area contributed by atoms with Gasteiger partial charge in [-0.25, -0.2) is 4.99 Å². The van der Waals surface area contributed by atoms with Crippen molar-refractivity contribution in [2.45, 2.75) is 32.7 Å². The van der Waals surface area contributed by atoms with Crippen LogP contribution in [0, 0.1) is 6.92 Å². The fraction of sp³-hybridized carbons (Fsp3) is 0.231. The molecule has 0 fully saturated rings. The monoisotopic (exact) mass is 431 g/mol. The second kappa shape index (κ2) is 9.36. The van der Waals surface area contributed by atoms with E-state index in [0.29, 0.717) is 11.6 Å². The van der Waals surface area contributed by atoms with Crippen LogP contribution in [0.4, 0.5) is 11.4 Å². The number of amides is 1. The fourth-order valence-electron chi connectivity index (χ4n) is 3.77. The number of fused-ring (bicyclic) bond motifs is 1. The van der Waals surface area contributed by atoms with Gasteiger partial charge >= 0.3 is 0 Å². The zero-order valence-corrected chi connectivity index (χ0v) is 18.6. The minimum atomic E-state index is -0.515. The van der Waals surface area contributed by atoms with Gasteiger partial charge in [-0.15, -0.1) is 0 Å². The van der Waals surface area contributed by atoms with E-state index in [4.69, 9.17) is 16.6 Å².